The Morgan fingerprint density at radius 2 is 1.72 bits per heavy atom. The van der Waals surface area contributed by atoms with Gasteiger partial charge in [0.2, 0.25) is 17.6 Å². The molecular formula is C20H23N3O2. The molecule has 4 bridgehead atoms. The van der Waals surface area contributed by atoms with Crippen LogP contribution in [0.15, 0.2) is 34.9 Å². The lowest BCUT2D eigenvalue weighted by Crippen LogP contribution is -2.53. The van der Waals surface area contributed by atoms with Crippen molar-refractivity contribution < 1.29 is 9.32 Å². The van der Waals surface area contributed by atoms with Gasteiger partial charge in [0.05, 0.1) is 6.54 Å². The number of amides is 1. The van der Waals surface area contributed by atoms with Gasteiger partial charge in [0.1, 0.15) is 0 Å². The molecule has 0 saturated heterocycles. The van der Waals surface area contributed by atoms with Gasteiger partial charge in [-0.1, -0.05) is 35.5 Å². The first-order chi connectivity index (χ1) is 12.2. The molecule has 5 heteroatoms. The Morgan fingerprint density at radius 1 is 1.08 bits per heavy atom. The van der Waals surface area contributed by atoms with E-state index in [9.17, 15) is 4.79 Å². The van der Waals surface area contributed by atoms with Gasteiger partial charge in [-0.2, -0.15) is 4.98 Å². The Kier molecular flexibility index (Phi) is 3.43. The third-order valence-electron chi connectivity index (χ3n) is 6.42. The van der Waals surface area contributed by atoms with Crippen molar-refractivity contribution in [3.05, 3.63) is 36.2 Å². The highest BCUT2D eigenvalue weighted by Crippen LogP contribution is 2.60. The van der Waals surface area contributed by atoms with E-state index in [4.69, 9.17) is 4.52 Å². The number of hydrogen-bond donors (Lipinski definition) is 1. The summed E-state index contributed by atoms with van der Waals surface area (Å²) in [6.07, 6.45) is 7.25. The second-order valence-corrected chi connectivity index (χ2v) is 8.26. The maximum atomic E-state index is 12.9. The lowest BCUT2D eigenvalue weighted by atomic mass is 9.49. The standard InChI is InChI=1S/C20H23N3O2/c24-19(20-9-13-6-14(10-20)8-15(7-13)11-20)21-12-17-22-18(23-25-17)16-4-2-1-3-5-16/h1-5,13-15H,6-12H2,(H,21,24). The Hall–Kier alpha value is -2.17. The van der Waals surface area contributed by atoms with E-state index in [2.05, 4.69) is 15.5 Å². The van der Waals surface area contributed by atoms with E-state index in [1.54, 1.807) is 0 Å². The van der Waals surface area contributed by atoms with Gasteiger partial charge in [-0.15, -0.1) is 0 Å². The first-order valence-corrected chi connectivity index (χ1v) is 9.36. The van der Waals surface area contributed by atoms with E-state index in [0.717, 1.165) is 42.6 Å². The third kappa shape index (κ3) is 2.66. The number of nitrogens with one attached hydrogen (secondary N) is 1. The van der Waals surface area contributed by atoms with Crippen LogP contribution in [0.2, 0.25) is 0 Å². The average Bonchev–Trinajstić information content (AvgIpc) is 3.08. The number of aromatic nitrogens is 2. The van der Waals surface area contributed by atoms with Crippen LogP contribution in [0.1, 0.15) is 44.4 Å². The molecule has 25 heavy (non-hydrogen) atoms. The zero-order valence-electron chi connectivity index (χ0n) is 14.3. The molecule has 0 atom stereocenters. The molecule has 0 aliphatic heterocycles. The van der Waals surface area contributed by atoms with Gasteiger partial charge in [0.25, 0.3) is 0 Å². The SMILES string of the molecule is O=C(NCc1nc(-c2ccccc2)no1)C12CC3CC(CC(C3)C1)C2. The maximum absolute atomic E-state index is 12.9. The van der Waals surface area contributed by atoms with Crippen molar-refractivity contribution in [2.45, 2.75) is 45.1 Å². The Morgan fingerprint density at radius 3 is 2.36 bits per heavy atom. The van der Waals surface area contributed by atoms with Crippen molar-refractivity contribution in [1.82, 2.24) is 15.5 Å². The predicted octanol–water partition coefficient (Wildman–Crippen LogP) is 3.57. The molecule has 6 rings (SSSR count). The number of hydrogen-bond acceptors (Lipinski definition) is 4. The van der Waals surface area contributed by atoms with Crippen LogP contribution in [-0.4, -0.2) is 16.0 Å². The number of rotatable bonds is 4. The molecule has 0 radical (unpaired) electrons. The maximum Gasteiger partial charge on any atom is 0.246 e. The van der Waals surface area contributed by atoms with E-state index in [-0.39, 0.29) is 11.3 Å². The van der Waals surface area contributed by atoms with Crippen LogP contribution < -0.4 is 5.32 Å². The normalized spacial score (nSPS) is 32.7. The Labute approximate surface area is 147 Å². The van der Waals surface area contributed by atoms with Gasteiger partial charge in [-0.25, -0.2) is 0 Å². The van der Waals surface area contributed by atoms with Crippen molar-refractivity contribution >= 4 is 5.91 Å². The molecule has 0 spiro atoms. The summed E-state index contributed by atoms with van der Waals surface area (Å²) in [4.78, 5) is 17.4. The van der Waals surface area contributed by atoms with Gasteiger partial charge in [-0.05, 0) is 56.3 Å². The monoisotopic (exact) mass is 337 g/mol. The van der Waals surface area contributed by atoms with Crippen molar-refractivity contribution in [3.63, 3.8) is 0 Å². The summed E-state index contributed by atoms with van der Waals surface area (Å²) in [6, 6.07) is 9.74. The zero-order chi connectivity index (χ0) is 16.9. The Bertz CT molecular complexity index is 748. The van der Waals surface area contributed by atoms with Crippen LogP contribution in [-0.2, 0) is 11.3 Å². The number of benzene rings is 1. The van der Waals surface area contributed by atoms with Crippen LogP contribution in [0.5, 0.6) is 0 Å². The summed E-state index contributed by atoms with van der Waals surface area (Å²) in [6.45, 7) is 0.320. The van der Waals surface area contributed by atoms with E-state index in [1.807, 2.05) is 30.3 Å². The molecule has 130 valence electrons. The van der Waals surface area contributed by atoms with Crippen molar-refractivity contribution in [2.24, 2.45) is 23.2 Å². The third-order valence-corrected chi connectivity index (χ3v) is 6.42. The highest BCUT2D eigenvalue weighted by atomic mass is 16.5. The summed E-state index contributed by atoms with van der Waals surface area (Å²) in [5.41, 5.74) is 0.793. The molecule has 1 N–H and O–H groups in total. The van der Waals surface area contributed by atoms with Gasteiger partial charge in [0.15, 0.2) is 0 Å². The van der Waals surface area contributed by atoms with Crippen LogP contribution >= 0.6 is 0 Å². The molecule has 4 aliphatic rings. The second kappa shape index (κ2) is 5.68. The fourth-order valence-corrected chi connectivity index (χ4v) is 5.76. The molecule has 4 fully saturated rings. The fourth-order valence-electron chi connectivity index (χ4n) is 5.76. The van der Waals surface area contributed by atoms with E-state index < -0.39 is 0 Å². The van der Waals surface area contributed by atoms with Crippen molar-refractivity contribution in [3.8, 4) is 11.4 Å². The van der Waals surface area contributed by atoms with E-state index >= 15 is 0 Å². The number of carbonyl (C=O) groups excluding carboxylic acids is 1. The molecule has 4 aliphatic carbocycles. The smallest absolute Gasteiger partial charge is 0.246 e. The van der Waals surface area contributed by atoms with Gasteiger partial charge < -0.3 is 9.84 Å². The van der Waals surface area contributed by atoms with Gasteiger partial charge in [-0.3, -0.25) is 4.79 Å². The first kappa shape index (κ1) is 15.1. The van der Waals surface area contributed by atoms with Crippen LogP contribution in [0.3, 0.4) is 0 Å². The van der Waals surface area contributed by atoms with Crippen molar-refractivity contribution in [2.75, 3.05) is 0 Å². The quantitative estimate of drug-likeness (QED) is 0.926. The molecule has 2 aromatic rings. The molecule has 1 amide bonds. The molecule has 0 unspecified atom stereocenters. The Balaban J connectivity index is 1.26. The molecule has 1 heterocycles. The highest BCUT2D eigenvalue weighted by Gasteiger charge is 2.54. The zero-order valence-corrected chi connectivity index (χ0v) is 14.3. The van der Waals surface area contributed by atoms with Gasteiger partial charge in [0, 0.05) is 11.0 Å². The number of nitrogens with zero attached hydrogens (tertiary/aromatic N) is 2. The summed E-state index contributed by atoms with van der Waals surface area (Å²) in [7, 11) is 0. The first-order valence-electron chi connectivity index (χ1n) is 9.36. The average molecular weight is 337 g/mol. The molecule has 1 aromatic carbocycles. The molecule has 1 aromatic heterocycles. The minimum Gasteiger partial charge on any atom is -0.347 e. The lowest BCUT2D eigenvalue weighted by Gasteiger charge is -2.55. The minimum atomic E-state index is -0.128. The van der Waals surface area contributed by atoms with E-state index in [0.29, 0.717) is 18.3 Å². The largest absolute Gasteiger partial charge is 0.347 e. The fraction of sp³-hybridized carbons (Fsp3) is 0.550. The molecular weight excluding hydrogens is 314 g/mol. The van der Waals surface area contributed by atoms with Crippen LogP contribution in [0.25, 0.3) is 11.4 Å². The summed E-state index contributed by atoms with van der Waals surface area (Å²) < 4.78 is 5.31. The molecule has 4 saturated carbocycles. The summed E-state index contributed by atoms with van der Waals surface area (Å²) >= 11 is 0. The molecule has 5 nitrogen and oxygen atoms in total. The van der Waals surface area contributed by atoms with Crippen LogP contribution in [0.4, 0.5) is 0 Å². The van der Waals surface area contributed by atoms with Gasteiger partial charge >= 0.3 is 0 Å². The number of carbonyl (C=O) groups is 1. The minimum absolute atomic E-state index is 0.128. The second-order valence-electron chi connectivity index (χ2n) is 8.26. The van der Waals surface area contributed by atoms with Crippen molar-refractivity contribution in [1.29, 1.82) is 0 Å². The highest BCUT2D eigenvalue weighted by molar-refractivity contribution is 5.83. The van der Waals surface area contributed by atoms with E-state index in [1.165, 1.54) is 19.3 Å². The lowest BCUT2D eigenvalue weighted by molar-refractivity contribution is -0.146. The summed E-state index contributed by atoms with van der Waals surface area (Å²) in [5.74, 6) is 3.54. The summed E-state index contributed by atoms with van der Waals surface area (Å²) in [5, 5.41) is 7.10. The van der Waals surface area contributed by atoms with Crippen LogP contribution in [0, 0.1) is 23.2 Å². The predicted molar refractivity (Wildman–Crippen MR) is 92.2 cm³/mol. The topological polar surface area (TPSA) is 68.0 Å².